The van der Waals surface area contributed by atoms with Gasteiger partial charge >= 0.3 is 0 Å². The number of carbonyl (C=O) groups excluding carboxylic acids is 1. The highest BCUT2D eigenvalue weighted by Gasteiger charge is 2.15. The molecule has 0 aliphatic heterocycles. The molecule has 0 spiro atoms. The van der Waals surface area contributed by atoms with Crippen molar-refractivity contribution in [3.63, 3.8) is 0 Å². The Kier molecular flexibility index (Phi) is 3.88. The molecule has 1 aromatic heterocycles. The van der Waals surface area contributed by atoms with Crippen molar-refractivity contribution in [2.75, 3.05) is 17.7 Å². The Bertz CT molecular complexity index is 661. The Morgan fingerprint density at radius 2 is 1.95 bits per heavy atom. The molecule has 0 aliphatic rings. The molecule has 1 amide bonds. The zero-order valence-electron chi connectivity index (χ0n) is 10.4. The molecule has 0 atom stereocenters. The summed E-state index contributed by atoms with van der Waals surface area (Å²) in [7, 11) is 1.62. The predicted octanol–water partition coefficient (Wildman–Crippen LogP) is 2.79. The SMILES string of the molecule is CNc1cccc(C(=O)Nc2cc(F)cc(F)c2F)n1. The van der Waals surface area contributed by atoms with Gasteiger partial charge in [-0.1, -0.05) is 6.07 Å². The normalized spacial score (nSPS) is 10.2. The van der Waals surface area contributed by atoms with E-state index >= 15 is 0 Å². The third kappa shape index (κ3) is 2.87. The van der Waals surface area contributed by atoms with Crippen LogP contribution in [0.5, 0.6) is 0 Å². The molecule has 20 heavy (non-hydrogen) atoms. The highest BCUT2D eigenvalue weighted by molar-refractivity contribution is 6.03. The highest BCUT2D eigenvalue weighted by Crippen LogP contribution is 2.19. The first-order valence-corrected chi connectivity index (χ1v) is 5.62. The van der Waals surface area contributed by atoms with Gasteiger partial charge < -0.3 is 10.6 Å². The first-order chi connectivity index (χ1) is 9.51. The number of benzene rings is 1. The average molecular weight is 281 g/mol. The number of pyridine rings is 1. The predicted molar refractivity (Wildman–Crippen MR) is 68.1 cm³/mol. The molecule has 7 heteroatoms. The fraction of sp³-hybridized carbons (Fsp3) is 0.0769. The quantitative estimate of drug-likeness (QED) is 0.851. The van der Waals surface area contributed by atoms with E-state index in [1.807, 2.05) is 0 Å². The van der Waals surface area contributed by atoms with Crippen LogP contribution >= 0.6 is 0 Å². The summed E-state index contributed by atoms with van der Waals surface area (Å²) < 4.78 is 39.4. The maximum Gasteiger partial charge on any atom is 0.274 e. The lowest BCUT2D eigenvalue weighted by atomic mass is 10.2. The number of nitrogens with one attached hydrogen (secondary N) is 2. The van der Waals surface area contributed by atoms with E-state index in [0.29, 0.717) is 18.0 Å². The summed E-state index contributed by atoms with van der Waals surface area (Å²) in [5.41, 5.74) is -0.593. The van der Waals surface area contributed by atoms with Gasteiger partial charge in [-0.3, -0.25) is 4.79 Å². The number of aromatic nitrogens is 1. The number of hydrogen-bond donors (Lipinski definition) is 2. The number of anilines is 2. The summed E-state index contributed by atoms with van der Waals surface area (Å²) in [6, 6.07) is 5.67. The summed E-state index contributed by atoms with van der Waals surface area (Å²) in [5.74, 6) is -4.03. The second-order valence-corrected chi connectivity index (χ2v) is 3.86. The van der Waals surface area contributed by atoms with E-state index in [2.05, 4.69) is 15.6 Å². The number of amides is 1. The van der Waals surface area contributed by atoms with E-state index < -0.39 is 29.0 Å². The first-order valence-electron chi connectivity index (χ1n) is 5.62. The van der Waals surface area contributed by atoms with Gasteiger partial charge in [0.15, 0.2) is 11.6 Å². The summed E-state index contributed by atoms with van der Waals surface area (Å²) in [6.07, 6.45) is 0. The molecule has 0 radical (unpaired) electrons. The van der Waals surface area contributed by atoms with E-state index in [9.17, 15) is 18.0 Å². The Morgan fingerprint density at radius 1 is 1.20 bits per heavy atom. The topological polar surface area (TPSA) is 54.0 Å². The lowest BCUT2D eigenvalue weighted by Gasteiger charge is -2.07. The number of nitrogens with zero attached hydrogens (tertiary/aromatic N) is 1. The molecule has 4 nitrogen and oxygen atoms in total. The Morgan fingerprint density at radius 3 is 2.65 bits per heavy atom. The zero-order valence-corrected chi connectivity index (χ0v) is 10.4. The smallest absolute Gasteiger partial charge is 0.274 e. The molecule has 2 aromatic rings. The van der Waals surface area contributed by atoms with Crippen LogP contribution in [-0.4, -0.2) is 17.9 Å². The molecular weight excluding hydrogens is 271 g/mol. The molecule has 0 saturated carbocycles. The Balaban J connectivity index is 2.27. The van der Waals surface area contributed by atoms with Crippen molar-refractivity contribution in [2.24, 2.45) is 0 Å². The third-order valence-electron chi connectivity index (χ3n) is 2.48. The lowest BCUT2D eigenvalue weighted by molar-refractivity contribution is 0.102. The Hall–Kier alpha value is -2.57. The van der Waals surface area contributed by atoms with Crippen LogP contribution in [0, 0.1) is 17.5 Å². The van der Waals surface area contributed by atoms with Gasteiger partial charge in [0.25, 0.3) is 5.91 Å². The molecule has 0 fully saturated rings. The molecule has 0 aliphatic carbocycles. The van der Waals surface area contributed by atoms with Crippen LogP contribution in [-0.2, 0) is 0 Å². The number of rotatable bonds is 3. The second-order valence-electron chi connectivity index (χ2n) is 3.86. The van der Waals surface area contributed by atoms with Crippen molar-refractivity contribution in [1.29, 1.82) is 0 Å². The molecule has 0 unspecified atom stereocenters. The largest absolute Gasteiger partial charge is 0.373 e. The second kappa shape index (κ2) is 5.60. The van der Waals surface area contributed by atoms with Crippen LogP contribution in [0.25, 0.3) is 0 Å². The molecule has 1 aromatic carbocycles. The van der Waals surface area contributed by atoms with Crippen LogP contribution in [0.4, 0.5) is 24.7 Å². The van der Waals surface area contributed by atoms with Crippen molar-refractivity contribution in [3.05, 3.63) is 53.5 Å². The number of hydrogen-bond acceptors (Lipinski definition) is 3. The van der Waals surface area contributed by atoms with Crippen molar-refractivity contribution < 1.29 is 18.0 Å². The maximum atomic E-state index is 13.4. The molecule has 0 bridgehead atoms. The van der Waals surface area contributed by atoms with Gasteiger partial charge in [-0.05, 0) is 12.1 Å². The first kappa shape index (κ1) is 13.9. The zero-order chi connectivity index (χ0) is 14.7. The Labute approximate surface area is 112 Å². The number of halogens is 3. The van der Waals surface area contributed by atoms with Gasteiger partial charge in [-0.15, -0.1) is 0 Å². The summed E-state index contributed by atoms with van der Waals surface area (Å²) in [6.45, 7) is 0. The van der Waals surface area contributed by atoms with Gasteiger partial charge in [-0.2, -0.15) is 0 Å². The fourth-order valence-electron chi connectivity index (χ4n) is 1.53. The van der Waals surface area contributed by atoms with E-state index in [1.165, 1.54) is 6.07 Å². The van der Waals surface area contributed by atoms with Crippen LogP contribution in [0.1, 0.15) is 10.5 Å². The monoisotopic (exact) mass is 281 g/mol. The molecular formula is C13H10F3N3O. The molecule has 0 saturated heterocycles. The fourth-order valence-corrected chi connectivity index (χ4v) is 1.53. The highest BCUT2D eigenvalue weighted by atomic mass is 19.2. The maximum absolute atomic E-state index is 13.4. The third-order valence-corrected chi connectivity index (χ3v) is 2.48. The van der Waals surface area contributed by atoms with Crippen LogP contribution < -0.4 is 10.6 Å². The van der Waals surface area contributed by atoms with E-state index in [0.717, 1.165) is 0 Å². The van der Waals surface area contributed by atoms with Gasteiger partial charge in [0.05, 0.1) is 5.69 Å². The van der Waals surface area contributed by atoms with Crippen molar-refractivity contribution >= 4 is 17.4 Å². The van der Waals surface area contributed by atoms with Crippen LogP contribution in [0.2, 0.25) is 0 Å². The molecule has 1 heterocycles. The van der Waals surface area contributed by atoms with Gasteiger partial charge in [-0.25, -0.2) is 18.2 Å². The lowest BCUT2D eigenvalue weighted by Crippen LogP contribution is -2.15. The van der Waals surface area contributed by atoms with Gasteiger partial charge in [0, 0.05) is 19.2 Å². The minimum atomic E-state index is -1.38. The molecule has 104 valence electrons. The molecule has 2 N–H and O–H groups in total. The molecule has 2 rings (SSSR count). The van der Waals surface area contributed by atoms with Crippen molar-refractivity contribution in [3.8, 4) is 0 Å². The van der Waals surface area contributed by atoms with E-state index in [4.69, 9.17) is 0 Å². The minimum absolute atomic E-state index is 0.0130. The van der Waals surface area contributed by atoms with Crippen molar-refractivity contribution in [2.45, 2.75) is 0 Å². The van der Waals surface area contributed by atoms with E-state index in [1.54, 1.807) is 19.2 Å². The van der Waals surface area contributed by atoms with Crippen LogP contribution in [0.3, 0.4) is 0 Å². The minimum Gasteiger partial charge on any atom is -0.373 e. The van der Waals surface area contributed by atoms with Gasteiger partial charge in [0.1, 0.15) is 17.3 Å². The van der Waals surface area contributed by atoms with E-state index in [-0.39, 0.29) is 5.69 Å². The van der Waals surface area contributed by atoms with Crippen molar-refractivity contribution in [1.82, 2.24) is 4.98 Å². The summed E-state index contributed by atoms with van der Waals surface area (Å²) >= 11 is 0. The average Bonchev–Trinajstić information content (AvgIpc) is 2.44. The summed E-state index contributed by atoms with van der Waals surface area (Å²) in [5, 5.41) is 4.81. The standard InChI is InChI=1S/C13H10F3N3O/c1-17-11-4-2-3-9(18-11)13(20)19-10-6-7(14)5-8(15)12(10)16/h2-6H,1H3,(H,17,18)(H,19,20). The number of carbonyl (C=O) groups is 1. The van der Waals surface area contributed by atoms with Gasteiger partial charge in [0.2, 0.25) is 0 Å². The van der Waals surface area contributed by atoms with Crippen LogP contribution in [0.15, 0.2) is 30.3 Å². The summed E-state index contributed by atoms with van der Waals surface area (Å²) in [4.78, 5) is 15.8.